The average molecular weight is 249 g/mol. The Kier molecular flexibility index (Phi) is 3.74. The van der Waals surface area contributed by atoms with Gasteiger partial charge in [-0.25, -0.2) is 0 Å². The van der Waals surface area contributed by atoms with Crippen molar-refractivity contribution in [2.24, 2.45) is 4.99 Å². The summed E-state index contributed by atoms with van der Waals surface area (Å²) < 4.78 is 5.02. The minimum atomic E-state index is 0.179. The summed E-state index contributed by atoms with van der Waals surface area (Å²) in [6.45, 7) is 0.735. The van der Waals surface area contributed by atoms with Crippen molar-refractivity contribution in [1.29, 1.82) is 0 Å². The van der Waals surface area contributed by atoms with Gasteiger partial charge in [0.1, 0.15) is 0 Å². The molecular weight excluding hydrogens is 234 g/mol. The maximum Gasteiger partial charge on any atom is 0.160 e. The van der Waals surface area contributed by atoms with Crippen LogP contribution in [0.25, 0.3) is 0 Å². The summed E-state index contributed by atoms with van der Waals surface area (Å²) in [5, 5.41) is 10.8. The van der Waals surface area contributed by atoms with Crippen molar-refractivity contribution in [1.82, 2.24) is 0 Å². The first-order valence-electron chi connectivity index (χ1n) is 5.38. The van der Waals surface area contributed by atoms with Crippen LogP contribution in [0.5, 0.6) is 11.5 Å². The molecule has 1 aromatic rings. The number of aliphatic imine (C=N–C) groups is 1. The SMILES string of the molecule is COc1ccc(C2C=CC(SC)=NC2)cc1O. The van der Waals surface area contributed by atoms with Gasteiger partial charge in [-0.15, -0.1) is 11.8 Å². The quantitative estimate of drug-likeness (QED) is 0.876. The largest absolute Gasteiger partial charge is 0.504 e. The van der Waals surface area contributed by atoms with Gasteiger partial charge in [0.05, 0.1) is 18.7 Å². The second kappa shape index (κ2) is 5.27. The third kappa shape index (κ3) is 2.64. The number of dihydropyridines is 1. The van der Waals surface area contributed by atoms with Gasteiger partial charge >= 0.3 is 0 Å². The second-order valence-corrected chi connectivity index (χ2v) is 4.61. The number of hydrogen-bond acceptors (Lipinski definition) is 4. The number of thioether (sulfide) groups is 1. The van der Waals surface area contributed by atoms with Gasteiger partial charge in [-0.2, -0.15) is 0 Å². The van der Waals surface area contributed by atoms with Gasteiger partial charge in [-0.05, 0) is 30.0 Å². The lowest BCUT2D eigenvalue weighted by Crippen LogP contribution is -2.06. The molecule has 1 N–H and O–H groups in total. The molecule has 0 spiro atoms. The van der Waals surface area contributed by atoms with Crippen LogP contribution in [-0.4, -0.2) is 30.1 Å². The van der Waals surface area contributed by atoms with Crippen molar-refractivity contribution < 1.29 is 9.84 Å². The Morgan fingerprint density at radius 3 is 2.82 bits per heavy atom. The first kappa shape index (κ1) is 12.0. The number of rotatable bonds is 2. The monoisotopic (exact) mass is 249 g/mol. The van der Waals surface area contributed by atoms with Crippen molar-refractivity contribution in [3.8, 4) is 11.5 Å². The summed E-state index contributed by atoms with van der Waals surface area (Å²) in [5.41, 5.74) is 1.06. The van der Waals surface area contributed by atoms with Gasteiger partial charge in [0.15, 0.2) is 11.5 Å². The highest BCUT2D eigenvalue weighted by Crippen LogP contribution is 2.31. The molecule has 0 saturated heterocycles. The van der Waals surface area contributed by atoms with Crippen molar-refractivity contribution in [3.05, 3.63) is 35.9 Å². The van der Waals surface area contributed by atoms with Gasteiger partial charge in [0.2, 0.25) is 0 Å². The molecule has 90 valence electrons. The molecule has 0 radical (unpaired) electrons. The Balaban J connectivity index is 2.17. The minimum absolute atomic E-state index is 0.179. The van der Waals surface area contributed by atoms with E-state index >= 15 is 0 Å². The highest BCUT2D eigenvalue weighted by atomic mass is 32.2. The van der Waals surface area contributed by atoms with E-state index in [9.17, 15) is 5.11 Å². The third-order valence-corrected chi connectivity index (χ3v) is 3.44. The Morgan fingerprint density at radius 2 is 2.29 bits per heavy atom. The Bertz CT molecular complexity index is 468. The standard InChI is InChI=1S/C13H15NO2S/c1-16-12-5-3-9(7-11(12)15)10-4-6-13(17-2)14-8-10/h3-7,10,15H,8H2,1-2H3. The first-order chi connectivity index (χ1) is 8.24. The molecule has 0 aliphatic carbocycles. The van der Waals surface area contributed by atoms with Crippen LogP contribution in [-0.2, 0) is 0 Å². The number of aromatic hydroxyl groups is 1. The summed E-state index contributed by atoms with van der Waals surface area (Å²) in [6.07, 6.45) is 6.17. The number of ether oxygens (including phenoxy) is 1. The molecule has 0 aromatic heterocycles. The number of benzene rings is 1. The first-order valence-corrected chi connectivity index (χ1v) is 6.60. The van der Waals surface area contributed by atoms with Gasteiger partial charge in [0, 0.05) is 5.92 Å². The fourth-order valence-electron chi connectivity index (χ4n) is 1.79. The molecule has 1 aliphatic heterocycles. The van der Waals surface area contributed by atoms with Crippen LogP contribution >= 0.6 is 11.8 Å². The zero-order chi connectivity index (χ0) is 12.3. The molecule has 17 heavy (non-hydrogen) atoms. The van der Waals surface area contributed by atoms with Crippen LogP contribution in [0.3, 0.4) is 0 Å². The maximum atomic E-state index is 9.73. The van der Waals surface area contributed by atoms with Crippen molar-refractivity contribution in [3.63, 3.8) is 0 Å². The normalized spacial score (nSPS) is 18.9. The zero-order valence-corrected chi connectivity index (χ0v) is 10.7. The van der Waals surface area contributed by atoms with E-state index in [1.165, 1.54) is 0 Å². The zero-order valence-electron chi connectivity index (χ0n) is 9.88. The number of methoxy groups -OCH3 is 1. The lowest BCUT2D eigenvalue weighted by Gasteiger charge is -2.16. The maximum absolute atomic E-state index is 9.73. The van der Waals surface area contributed by atoms with E-state index in [4.69, 9.17) is 4.74 Å². The summed E-state index contributed by atoms with van der Waals surface area (Å²) in [4.78, 5) is 4.46. The van der Waals surface area contributed by atoms with E-state index < -0.39 is 0 Å². The number of phenols is 1. The molecule has 1 aromatic carbocycles. The van der Waals surface area contributed by atoms with E-state index in [2.05, 4.69) is 11.1 Å². The molecule has 3 nitrogen and oxygen atoms in total. The predicted octanol–water partition coefficient (Wildman–Crippen LogP) is 2.82. The highest BCUT2D eigenvalue weighted by Gasteiger charge is 2.13. The molecular formula is C13H15NO2S. The molecule has 1 aliphatic rings. The van der Waals surface area contributed by atoms with E-state index in [0.29, 0.717) is 5.75 Å². The Morgan fingerprint density at radius 1 is 1.47 bits per heavy atom. The smallest absolute Gasteiger partial charge is 0.160 e. The van der Waals surface area contributed by atoms with Crippen LogP contribution in [0.1, 0.15) is 11.5 Å². The van der Waals surface area contributed by atoms with Gasteiger partial charge in [-0.3, -0.25) is 4.99 Å². The second-order valence-electron chi connectivity index (χ2n) is 3.78. The predicted molar refractivity (Wildman–Crippen MR) is 72.4 cm³/mol. The minimum Gasteiger partial charge on any atom is -0.504 e. The lowest BCUT2D eigenvalue weighted by atomic mass is 9.97. The van der Waals surface area contributed by atoms with Gasteiger partial charge < -0.3 is 9.84 Å². The molecule has 4 heteroatoms. The topological polar surface area (TPSA) is 41.8 Å². The molecule has 1 heterocycles. The molecule has 1 unspecified atom stereocenters. The number of hydrogen-bond donors (Lipinski definition) is 1. The van der Waals surface area contributed by atoms with E-state index in [0.717, 1.165) is 17.2 Å². The molecule has 0 bridgehead atoms. The molecule has 0 amide bonds. The fraction of sp³-hybridized carbons (Fsp3) is 0.308. The summed E-state index contributed by atoms with van der Waals surface area (Å²) in [7, 11) is 1.55. The fourth-order valence-corrected chi connectivity index (χ4v) is 2.21. The third-order valence-electron chi connectivity index (χ3n) is 2.76. The van der Waals surface area contributed by atoms with Crippen molar-refractivity contribution in [2.75, 3.05) is 19.9 Å². The number of phenolic OH excluding ortho intramolecular Hbond substituents is 1. The van der Waals surface area contributed by atoms with Crippen molar-refractivity contribution >= 4 is 16.8 Å². The van der Waals surface area contributed by atoms with Crippen LogP contribution in [0, 0.1) is 0 Å². The van der Waals surface area contributed by atoms with E-state index in [1.807, 2.05) is 18.4 Å². The van der Waals surface area contributed by atoms with Gasteiger partial charge in [-0.1, -0.05) is 12.1 Å². The highest BCUT2D eigenvalue weighted by molar-refractivity contribution is 8.13. The average Bonchev–Trinajstić information content (AvgIpc) is 2.39. The number of nitrogens with zero attached hydrogens (tertiary/aromatic N) is 1. The van der Waals surface area contributed by atoms with Crippen LogP contribution in [0.4, 0.5) is 0 Å². The Labute approximate surface area is 105 Å². The molecule has 0 saturated carbocycles. The van der Waals surface area contributed by atoms with Crippen molar-refractivity contribution in [2.45, 2.75) is 5.92 Å². The van der Waals surface area contributed by atoms with Gasteiger partial charge in [0.25, 0.3) is 0 Å². The van der Waals surface area contributed by atoms with Crippen LogP contribution in [0.2, 0.25) is 0 Å². The van der Waals surface area contributed by atoms with Crippen LogP contribution < -0.4 is 4.74 Å². The van der Waals surface area contributed by atoms with E-state index in [1.54, 1.807) is 31.0 Å². The van der Waals surface area contributed by atoms with E-state index in [-0.39, 0.29) is 11.7 Å². The summed E-state index contributed by atoms with van der Waals surface area (Å²) in [5.74, 6) is 0.919. The summed E-state index contributed by atoms with van der Waals surface area (Å²) in [6, 6.07) is 5.49. The summed E-state index contributed by atoms with van der Waals surface area (Å²) >= 11 is 1.65. The molecule has 2 rings (SSSR count). The molecule has 0 fully saturated rings. The van der Waals surface area contributed by atoms with Crippen LogP contribution in [0.15, 0.2) is 35.3 Å². The Hall–Kier alpha value is -1.42. The lowest BCUT2D eigenvalue weighted by molar-refractivity contribution is 0.373. The molecule has 1 atom stereocenters.